The number of phenols is 1. The molecule has 8 nitrogen and oxygen atoms in total. The Balaban J connectivity index is 2.75. The Bertz CT molecular complexity index is 514. The second-order valence-corrected chi connectivity index (χ2v) is 3.53. The van der Waals surface area contributed by atoms with Gasteiger partial charge >= 0.3 is 11.7 Å². The fraction of sp³-hybridized carbons (Fsp3) is 0.273. The van der Waals surface area contributed by atoms with Gasteiger partial charge in [-0.15, -0.1) is 0 Å². The van der Waals surface area contributed by atoms with Gasteiger partial charge < -0.3 is 9.84 Å². The molecule has 1 aromatic rings. The topological polar surface area (TPSA) is 119 Å². The highest BCUT2D eigenvalue weighted by molar-refractivity contribution is 6.01. The van der Waals surface area contributed by atoms with Gasteiger partial charge in [0.05, 0.1) is 30.7 Å². The average Bonchev–Trinajstić information content (AvgIpc) is 2.38. The summed E-state index contributed by atoms with van der Waals surface area (Å²) in [6, 6.07) is 3.66. The van der Waals surface area contributed by atoms with Gasteiger partial charge in [-0.1, -0.05) is 6.07 Å². The first-order chi connectivity index (χ1) is 8.97. The zero-order valence-corrected chi connectivity index (χ0v) is 10.1. The number of carbonyl (C=O) groups is 2. The largest absolute Gasteiger partial charge is 0.502 e. The number of hydrogen-bond acceptors (Lipinski definition) is 7. The minimum Gasteiger partial charge on any atom is -0.502 e. The molecular formula is C11H12N2O6. The maximum absolute atomic E-state index is 11.7. The summed E-state index contributed by atoms with van der Waals surface area (Å²) in [5, 5.41) is 22.7. The molecule has 0 fully saturated rings. The summed E-state index contributed by atoms with van der Waals surface area (Å²) in [5.74, 6) is -1.79. The van der Waals surface area contributed by atoms with Crippen LogP contribution in [0, 0.1) is 10.1 Å². The lowest BCUT2D eigenvalue weighted by Gasteiger charge is -2.05. The van der Waals surface area contributed by atoms with E-state index in [1.165, 1.54) is 19.2 Å². The predicted molar refractivity (Wildman–Crippen MR) is 64.0 cm³/mol. The zero-order chi connectivity index (χ0) is 14.4. The van der Waals surface area contributed by atoms with Gasteiger partial charge in [0.25, 0.3) is 0 Å². The normalized spacial score (nSPS) is 9.95. The van der Waals surface area contributed by atoms with Gasteiger partial charge in [-0.05, 0) is 6.07 Å². The number of ether oxygens (including phenoxy) is 1. The van der Waals surface area contributed by atoms with E-state index in [0.29, 0.717) is 0 Å². The number of nitrogens with zero attached hydrogens (tertiary/aromatic N) is 1. The number of rotatable bonds is 6. The number of ketones is 1. The molecule has 0 saturated heterocycles. The van der Waals surface area contributed by atoms with Crippen LogP contribution in [0.3, 0.4) is 0 Å². The second kappa shape index (κ2) is 6.45. The molecule has 0 spiro atoms. The van der Waals surface area contributed by atoms with Crippen LogP contribution in [0.15, 0.2) is 18.2 Å². The summed E-state index contributed by atoms with van der Waals surface area (Å²) in [6.45, 7) is -0.415. The number of nitrogens with one attached hydrogen (secondary N) is 1. The molecule has 0 amide bonds. The Kier molecular flexibility index (Phi) is 4.95. The van der Waals surface area contributed by atoms with Crippen LogP contribution in [0.25, 0.3) is 0 Å². The molecule has 1 aromatic carbocycles. The molecule has 0 saturated carbocycles. The van der Waals surface area contributed by atoms with Crippen molar-refractivity contribution in [1.29, 1.82) is 0 Å². The molecule has 19 heavy (non-hydrogen) atoms. The first kappa shape index (κ1) is 14.6. The number of nitro benzene ring substituents is 1. The summed E-state index contributed by atoms with van der Waals surface area (Å²) in [4.78, 5) is 32.3. The van der Waals surface area contributed by atoms with Crippen LogP contribution in [0.5, 0.6) is 5.75 Å². The Labute approximate surface area is 108 Å². The van der Waals surface area contributed by atoms with Gasteiger partial charge in [-0.2, -0.15) is 0 Å². The van der Waals surface area contributed by atoms with Crippen LogP contribution in [0.1, 0.15) is 10.4 Å². The van der Waals surface area contributed by atoms with Crippen LogP contribution in [-0.2, 0) is 9.53 Å². The first-order valence-electron chi connectivity index (χ1n) is 5.24. The quantitative estimate of drug-likeness (QED) is 0.328. The Morgan fingerprint density at radius 1 is 1.42 bits per heavy atom. The van der Waals surface area contributed by atoms with Gasteiger partial charge in [0.15, 0.2) is 5.78 Å². The van der Waals surface area contributed by atoms with Crippen molar-refractivity contribution in [1.82, 2.24) is 5.32 Å². The van der Waals surface area contributed by atoms with Crippen molar-refractivity contribution >= 4 is 17.4 Å². The summed E-state index contributed by atoms with van der Waals surface area (Å²) < 4.78 is 4.36. The Morgan fingerprint density at radius 2 is 2.11 bits per heavy atom. The smallest absolute Gasteiger partial charge is 0.319 e. The van der Waals surface area contributed by atoms with Crippen LogP contribution < -0.4 is 5.32 Å². The summed E-state index contributed by atoms with van der Waals surface area (Å²) >= 11 is 0. The van der Waals surface area contributed by atoms with Crippen molar-refractivity contribution < 1.29 is 24.4 Å². The summed E-state index contributed by atoms with van der Waals surface area (Å²) in [6.07, 6.45) is 0. The molecule has 0 aromatic heterocycles. The third kappa shape index (κ3) is 3.75. The summed E-state index contributed by atoms with van der Waals surface area (Å²) in [5.41, 5.74) is -0.717. The monoisotopic (exact) mass is 268 g/mol. The van der Waals surface area contributed by atoms with E-state index in [4.69, 9.17) is 0 Å². The molecule has 0 aliphatic heterocycles. The lowest BCUT2D eigenvalue weighted by Crippen LogP contribution is -2.29. The van der Waals surface area contributed by atoms with Crippen molar-refractivity contribution in [3.8, 4) is 5.75 Å². The van der Waals surface area contributed by atoms with Crippen LogP contribution in [0.4, 0.5) is 5.69 Å². The Hall–Kier alpha value is -2.48. The van der Waals surface area contributed by atoms with Gasteiger partial charge in [0, 0.05) is 6.07 Å². The number of Topliss-reactive ketones (excluding diaryl/α,β-unsaturated/α-hetero) is 1. The number of hydrogen-bond donors (Lipinski definition) is 2. The van der Waals surface area contributed by atoms with Crippen molar-refractivity contribution in [2.24, 2.45) is 0 Å². The van der Waals surface area contributed by atoms with Gasteiger partial charge in [-0.3, -0.25) is 25.0 Å². The molecule has 0 unspecified atom stereocenters. The number of aromatic hydroxyl groups is 1. The SMILES string of the molecule is COC(=O)CNCC(=O)c1cccc([N+](=O)[O-])c1O. The van der Waals surface area contributed by atoms with E-state index in [2.05, 4.69) is 10.1 Å². The number of para-hydroxylation sites is 1. The molecule has 2 N–H and O–H groups in total. The van der Waals surface area contributed by atoms with E-state index in [0.717, 1.165) is 6.07 Å². The minimum absolute atomic E-state index is 0.169. The minimum atomic E-state index is -0.784. The highest BCUT2D eigenvalue weighted by atomic mass is 16.6. The van der Waals surface area contributed by atoms with E-state index in [-0.39, 0.29) is 18.7 Å². The van der Waals surface area contributed by atoms with Crippen LogP contribution >= 0.6 is 0 Å². The standard InChI is InChI=1S/C11H12N2O6/c1-19-10(15)6-12-5-9(14)7-3-2-4-8(11(7)16)13(17)18/h2-4,12,16H,5-6H2,1H3. The van der Waals surface area contributed by atoms with Crippen LogP contribution in [-0.4, -0.2) is 42.0 Å². The highest BCUT2D eigenvalue weighted by Gasteiger charge is 2.20. The molecule has 102 valence electrons. The van der Waals surface area contributed by atoms with Gasteiger partial charge in [0.1, 0.15) is 0 Å². The molecule has 1 rings (SSSR count). The molecule has 8 heteroatoms. The fourth-order valence-electron chi connectivity index (χ4n) is 1.35. The van der Waals surface area contributed by atoms with Gasteiger partial charge in [-0.25, -0.2) is 0 Å². The van der Waals surface area contributed by atoms with E-state index in [9.17, 15) is 24.8 Å². The number of esters is 1. The van der Waals surface area contributed by atoms with Crippen molar-refractivity contribution in [2.75, 3.05) is 20.2 Å². The lowest BCUT2D eigenvalue weighted by molar-refractivity contribution is -0.385. The zero-order valence-electron chi connectivity index (χ0n) is 10.1. The third-order valence-electron chi connectivity index (χ3n) is 2.29. The Morgan fingerprint density at radius 3 is 2.68 bits per heavy atom. The van der Waals surface area contributed by atoms with E-state index >= 15 is 0 Å². The van der Waals surface area contributed by atoms with Gasteiger partial charge in [0.2, 0.25) is 5.75 Å². The van der Waals surface area contributed by atoms with Crippen LogP contribution in [0.2, 0.25) is 0 Å². The molecular weight excluding hydrogens is 256 g/mol. The molecule has 0 radical (unpaired) electrons. The highest BCUT2D eigenvalue weighted by Crippen LogP contribution is 2.29. The van der Waals surface area contributed by atoms with Crippen molar-refractivity contribution in [3.05, 3.63) is 33.9 Å². The first-order valence-corrected chi connectivity index (χ1v) is 5.24. The molecule has 0 bridgehead atoms. The number of nitro groups is 1. The second-order valence-electron chi connectivity index (χ2n) is 3.53. The molecule has 0 aliphatic carbocycles. The fourth-order valence-corrected chi connectivity index (χ4v) is 1.35. The number of phenolic OH excluding ortho intramolecular Hbond substituents is 1. The van der Waals surface area contributed by atoms with Crippen molar-refractivity contribution in [2.45, 2.75) is 0 Å². The average molecular weight is 268 g/mol. The van der Waals surface area contributed by atoms with Crippen molar-refractivity contribution in [3.63, 3.8) is 0 Å². The summed E-state index contributed by atoms with van der Waals surface area (Å²) in [7, 11) is 1.21. The maximum atomic E-state index is 11.7. The molecule has 0 heterocycles. The van der Waals surface area contributed by atoms with E-state index in [1.54, 1.807) is 0 Å². The maximum Gasteiger partial charge on any atom is 0.319 e. The predicted octanol–water partition coefficient (Wildman–Crippen LogP) is 0.246. The lowest BCUT2D eigenvalue weighted by atomic mass is 10.1. The van der Waals surface area contributed by atoms with E-state index < -0.39 is 28.1 Å². The number of methoxy groups -OCH3 is 1. The molecule has 0 atom stereocenters. The third-order valence-corrected chi connectivity index (χ3v) is 2.29. The number of benzene rings is 1. The number of carbonyl (C=O) groups excluding carboxylic acids is 2. The molecule has 0 aliphatic rings. The van der Waals surface area contributed by atoms with E-state index in [1.807, 2.05) is 0 Å².